The number of hydrogen-bond donors (Lipinski definition) is 1. The summed E-state index contributed by atoms with van der Waals surface area (Å²) >= 11 is 2.05. The molecule has 0 rings (SSSR count). The molecule has 0 spiro atoms. The number of nitrogens with zero attached hydrogens (tertiary/aromatic N) is 2. The molecule has 0 bridgehead atoms. The van der Waals surface area contributed by atoms with Gasteiger partial charge in [-0.05, 0) is 29.5 Å². The Kier molecular flexibility index (Phi) is 5.94. The molecule has 0 amide bonds. The van der Waals surface area contributed by atoms with E-state index in [1.54, 1.807) is 7.05 Å². The molecule has 60 valence electrons. The number of hydroxylamine groups is 2. The van der Waals surface area contributed by atoms with Crippen LogP contribution in [-0.2, 0) is 4.84 Å². The number of halogens is 1. The molecule has 0 heterocycles. The van der Waals surface area contributed by atoms with Gasteiger partial charge in [-0.2, -0.15) is 5.06 Å². The van der Waals surface area contributed by atoms with Gasteiger partial charge >= 0.3 is 0 Å². The highest BCUT2D eigenvalue weighted by atomic mass is 127. The minimum atomic E-state index is 0.410. The molecule has 0 aliphatic carbocycles. The fourth-order valence-electron chi connectivity index (χ4n) is 0.308. The molecular formula is C5H11IN2O2. The Bertz CT molecular complexity index is 112. The van der Waals surface area contributed by atoms with Gasteiger partial charge in [-0.3, -0.25) is 0 Å². The number of likely N-dealkylation sites (N-methyl/N-ethyl adjacent to an activating group) is 1. The molecule has 4 nitrogen and oxygen atoms in total. The Morgan fingerprint density at radius 3 is 2.80 bits per heavy atom. The molecule has 10 heavy (non-hydrogen) atoms. The Labute approximate surface area is 73.9 Å². The minimum Gasteiger partial charge on any atom is -0.394 e. The van der Waals surface area contributed by atoms with Crippen LogP contribution >= 0.6 is 22.6 Å². The van der Waals surface area contributed by atoms with Crippen LogP contribution in [0.25, 0.3) is 0 Å². The van der Waals surface area contributed by atoms with Gasteiger partial charge in [-0.25, -0.2) is 0 Å². The summed E-state index contributed by atoms with van der Waals surface area (Å²) in [6, 6.07) is 0. The van der Waals surface area contributed by atoms with Crippen LogP contribution in [0.5, 0.6) is 0 Å². The van der Waals surface area contributed by atoms with E-state index < -0.39 is 0 Å². The summed E-state index contributed by atoms with van der Waals surface area (Å²) in [5.74, 6) is 0. The summed E-state index contributed by atoms with van der Waals surface area (Å²) in [4.78, 5) is 4.78. The molecule has 1 N–H and O–H groups in total. The maximum absolute atomic E-state index is 8.62. The van der Waals surface area contributed by atoms with Gasteiger partial charge in [0.2, 0.25) is 0 Å². The molecular weight excluding hydrogens is 247 g/mol. The van der Waals surface area contributed by atoms with Gasteiger partial charge in [0.25, 0.3) is 0 Å². The summed E-state index contributed by atoms with van der Waals surface area (Å²) < 4.78 is 0.846. The van der Waals surface area contributed by atoms with E-state index >= 15 is 0 Å². The lowest BCUT2D eigenvalue weighted by atomic mass is 10.7. The molecule has 0 atom stereocenters. The standard InChI is InChI=1S/C5H11IN2O2/c1-5(6)7-10-4-3-8(2)9/h9H,3-4H2,1-2H3/b7-5+. The maximum atomic E-state index is 8.62. The van der Waals surface area contributed by atoms with Crippen LogP contribution in [0.4, 0.5) is 0 Å². The lowest BCUT2D eigenvalue weighted by Gasteiger charge is -2.05. The molecule has 0 radical (unpaired) electrons. The Balaban J connectivity index is 3.13. The molecule has 0 aromatic carbocycles. The van der Waals surface area contributed by atoms with Crippen LogP contribution in [0.3, 0.4) is 0 Å². The quantitative estimate of drug-likeness (QED) is 0.355. The Morgan fingerprint density at radius 2 is 2.40 bits per heavy atom. The second-order valence-corrected chi connectivity index (χ2v) is 3.36. The average molecular weight is 258 g/mol. The lowest BCUT2D eigenvalue weighted by Crippen LogP contribution is -2.17. The van der Waals surface area contributed by atoms with Crippen molar-refractivity contribution in [2.75, 3.05) is 20.2 Å². The van der Waals surface area contributed by atoms with Crippen molar-refractivity contribution >= 4 is 26.3 Å². The van der Waals surface area contributed by atoms with E-state index in [1.165, 1.54) is 0 Å². The topological polar surface area (TPSA) is 45.1 Å². The van der Waals surface area contributed by atoms with Gasteiger partial charge in [-0.15, -0.1) is 0 Å². The molecule has 0 saturated heterocycles. The predicted molar refractivity (Wildman–Crippen MR) is 47.5 cm³/mol. The highest BCUT2D eigenvalue weighted by molar-refractivity contribution is 14.1. The molecule has 0 aliphatic rings. The fourth-order valence-corrected chi connectivity index (χ4v) is 0.447. The zero-order valence-electron chi connectivity index (χ0n) is 6.04. The SMILES string of the molecule is C/C(I)=N\OCCN(C)O. The van der Waals surface area contributed by atoms with Gasteiger partial charge in [-0.1, -0.05) is 5.16 Å². The van der Waals surface area contributed by atoms with Crippen molar-refractivity contribution in [3.8, 4) is 0 Å². The second kappa shape index (κ2) is 5.87. The zero-order chi connectivity index (χ0) is 7.98. The normalized spacial score (nSPS) is 12.3. The van der Waals surface area contributed by atoms with Crippen LogP contribution in [0.2, 0.25) is 0 Å². The van der Waals surface area contributed by atoms with Crippen LogP contribution in [0, 0.1) is 0 Å². The van der Waals surface area contributed by atoms with E-state index in [4.69, 9.17) is 10.0 Å². The largest absolute Gasteiger partial charge is 0.394 e. The van der Waals surface area contributed by atoms with E-state index in [0.29, 0.717) is 13.2 Å². The first-order chi connectivity index (χ1) is 4.63. The molecule has 0 saturated carbocycles. The van der Waals surface area contributed by atoms with Crippen LogP contribution < -0.4 is 0 Å². The van der Waals surface area contributed by atoms with Gasteiger partial charge < -0.3 is 10.0 Å². The molecule has 0 aromatic rings. The van der Waals surface area contributed by atoms with Crippen molar-refractivity contribution in [3.05, 3.63) is 0 Å². The summed E-state index contributed by atoms with van der Waals surface area (Å²) in [5.41, 5.74) is 0. The lowest BCUT2D eigenvalue weighted by molar-refractivity contribution is -0.0800. The van der Waals surface area contributed by atoms with Crippen LogP contribution in [0.15, 0.2) is 5.16 Å². The summed E-state index contributed by atoms with van der Waals surface area (Å²) in [6.07, 6.45) is 0. The van der Waals surface area contributed by atoms with Gasteiger partial charge in [0.15, 0.2) is 0 Å². The second-order valence-electron chi connectivity index (χ2n) is 1.80. The zero-order valence-corrected chi connectivity index (χ0v) is 8.20. The molecule has 0 fully saturated rings. The van der Waals surface area contributed by atoms with Gasteiger partial charge in [0, 0.05) is 7.05 Å². The van der Waals surface area contributed by atoms with E-state index in [0.717, 1.165) is 8.78 Å². The molecule has 0 aromatic heterocycles. The third-order valence-corrected chi connectivity index (χ3v) is 0.893. The van der Waals surface area contributed by atoms with Crippen LogP contribution in [0.1, 0.15) is 6.92 Å². The van der Waals surface area contributed by atoms with E-state index in [1.807, 2.05) is 29.5 Å². The monoisotopic (exact) mass is 258 g/mol. The fraction of sp³-hybridized carbons (Fsp3) is 0.800. The van der Waals surface area contributed by atoms with Crippen molar-refractivity contribution in [2.24, 2.45) is 5.16 Å². The summed E-state index contributed by atoms with van der Waals surface area (Å²) in [6.45, 7) is 2.71. The third-order valence-electron chi connectivity index (χ3n) is 0.697. The van der Waals surface area contributed by atoms with E-state index in [-0.39, 0.29) is 0 Å². The predicted octanol–water partition coefficient (Wildman–Crippen LogP) is 1.09. The van der Waals surface area contributed by atoms with E-state index in [9.17, 15) is 0 Å². The van der Waals surface area contributed by atoms with Crippen molar-refractivity contribution in [2.45, 2.75) is 6.92 Å². The van der Waals surface area contributed by atoms with Gasteiger partial charge in [0.1, 0.15) is 10.3 Å². The highest BCUT2D eigenvalue weighted by Gasteiger charge is 1.89. The van der Waals surface area contributed by atoms with E-state index in [2.05, 4.69) is 5.16 Å². The molecule has 0 unspecified atom stereocenters. The van der Waals surface area contributed by atoms with Crippen molar-refractivity contribution in [1.82, 2.24) is 5.06 Å². The first-order valence-electron chi connectivity index (χ1n) is 2.85. The smallest absolute Gasteiger partial charge is 0.132 e. The third kappa shape index (κ3) is 8.12. The summed E-state index contributed by atoms with van der Waals surface area (Å²) in [7, 11) is 1.56. The molecule has 0 aliphatic heterocycles. The van der Waals surface area contributed by atoms with Gasteiger partial charge in [0.05, 0.1) is 6.54 Å². The molecule has 5 heteroatoms. The number of hydrogen-bond acceptors (Lipinski definition) is 4. The Morgan fingerprint density at radius 1 is 1.80 bits per heavy atom. The first kappa shape index (κ1) is 10.1. The minimum absolute atomic E-state index is 0.410. The highest BCUT2D eigenvalue weighted by Crippen LogP contribution is 1.89. The van der Waals surface area contributed by atoms with Crippen molar-refractivity contribution < 1.29 is 10.0 Å². The summed E-state index contributed by atoms with van der Waals surface area (Å²) in [5, 5.41) is 13.3. The average Bonchev–Trinajstić information content (AvgIpc) is 1.79. The first-order valence-corrected chi connectivity index (χ1v) is 3.93. The maximum Gasteiger partial charge on any atom is 0.132 e. The van der Waals surface area contributed by atoms with Crippen molar-refractivity contribution in [1.29, 1.82) is 0 Å². The number of rotatable bonds is 4. The van der Waals surface area contributed by atoms with Crippen LogP contribution in [-0.4, -0.2) is 34.2 Å². The number of oxime groups is 1. The Hall–Kier alpha value is 0.120. The van der Waals surface area contributed by atoms with Crippen molar-refractivity contribution in [3.63, 3.8) is 0 Å².